The fourth-order valence-corrected chi connectivity index (χ4v) is 5.00. The number of nitrogens with zero attached hydrogens (tertiary/aromatic N) is 2. The molecule has 4 nitrogen and oxygen atoms in total. The van der Waals surface area contributed by atoms with Gasteiger partial charge < -0.3 is 5.21 Å². The summed E-state index contributed by atoms with van der Waals surface area (Å²) >= 11 is -0.228. The largest absolute Gasteiger partial charge is 0.446 e. The minimum atomic E-state index is -4.71. The molecule has 0 bridgehead atoms. The van der Waals surface area contributed by atoms with E-state index in [4.69, 9.17) is 0 Å². The number of benzene rings is 5. The molecule has 0 saturated carbocycles. The normalized spacial score (nSPS) is 11.5. The van der Waals surface area contributed by atoms with Crippen LogP contribution in [0, 0.1) is 0 Å². The van der Waals surface area contributed by atoms with Crippen LogP contribution >= 0.6 is 11.8 Å². The molecule has 0 saturated heterocycles. The van der Waals surface area contributed by atoms with Gasteiger partial charge in [0.2, 0.25) is 0 Å². The summed E-state index contributed by atoms with van der Waals surface area (Å²) in [6.07, 6.45) is -4.71. The van der Waals surface area contributed by atoms with Crippen molar-refractivity contribution in [1.82, 2.24) is 10.1 Å². The highest BCUT2D eigenvalue weighted by atomic mass is 32.2. The van der Waals surface area contributed by atoms with E-state index >= 15 is 0 Å². The van der Waals surface area contributed by atoms with Gasteiger partial charge in [0.05, 0.1) is 0 Å². The zero-order chi connectivity index (χ0) is 32.0. The van der Waals surface area contributed by atoms with Crippen molar-refractivity contribution in [2.24, 2.45) is 0 Å². The number of halogens is 4. The second-order valence-corrected chi connectivity index (χ2v) is 11.3. The molecule has 5 aromatic rings. The standard InChI is InChI=1S/C22H19F4NOS.C14H15NO.CH4/c23-21(24,22(25,26)29-20-14-8-3-9-15-20)28-27(16-18-10-4-1-5-11-18)17-19-12-6-2-7-13-19;16-15(11-13-7-3-1-4-8-13)12-14-9-5-2-6-10-14;/h1-15H,16-17H2;1-10,16H,11-12H2;1H4. The Balaban J connectivity index is 0.000000287. The Labute approximate surface area is 272 Å². The van der Waals surface area contributed by atoms with Gasteiger partial charge in [0.1, 0.15) is 0 Å². The molecule has 9 heteroatoms. The summed E-state index contributed by atoms with van der Waals surface area (Å²) in [6.45, 7) is 0.959. The lowest BCUT2D eigenvalue weighted by Crippen LogP contribution is -2.45. The Kier molecular flexibility index (Phi) is 14.5. The van der Waals surface area contributed by atoms with Crippen molar-refractivity contribution in [3.63, 3.8) is 0 Å². The van der Waals surface area contributed by atoms with E-state index in [-0.39, 0.29) is 37.2 Å². The van der Waals surface area contributed by atoms with Gasteiger partial charge in [0, 0.05) is 31.1 Å². The van der Waals surface area contributed by atoms with E-state index < -0.39 is 11.4 Å². The Morgan fingerprint density at radius 1 is 0.500 bits per heavy atom. The number of alkyl halides is 4. The fraction of sp³-hybridized carbons (Fsp3) is 0.189. The van der Waals surface area contributed by atoms with Crippen molar-refractivity contribution in [3.05, 3.63) is 174 Å². The Morgan fingerprint density at radius 3 is 1.15 bits per heavy atom. The van der Waals surface area contributed by atoms with Gasteiger partial charge in [-0.05, 0) is 46.1 Å². The van der Waals surface area contributed by atoms with Crippen LogP contribution in [-0.2, 0) is 31.0 Å². The lowest BCUT2D eigenvalue weighted by Gasteiger charge is -2.31. The maximum atomic E-state index is 14.5. The van der Waals surface area contributed by atoms with E-state index in [0.29, 0.717) is 24.2 Å². The van der Waals surface area contributed by atoms with Gasteiger partial charge in [-0.15, -0.1) is 0 Å². The molecule has 5 aromatic carbocycles. The van der Waals surface area contributed by atoms with Crippen molar-refractivity contribution in [3.8, 4) is 0 Å². The molecule has 5 rings (SSSR count). The summed E-state index contributed by atoms with van der Waals surface area (Å²) < 4.78 is 57.8. The van der Waals surface area contributed by atoms with E-state index in [1.807, 2.05) is 60.7 Å². The van der Waals surface area contributed by atoms with E-state index in [0.717, 1.165) is 16.2 Å². The smallest absolute Gasteiger partial charge is 0.313 e. The van der Waals surface area contributed by atoms with Crippen LogP contribution in [0.2, 0.25) is 0 Å². The number of hydrogen-bond donors (Lipinski definition) is 1. The number of rotatable bonds is 13. The van der Waals surface area contributed by atoms with Crippen LogP contribution in [0.1, 0.15) is 29.7 Å². The first-order valence-electron chi connectivity index (χ1n) is 14.2. The maximum Gasteiger partial charge on any atom is 0.446 e. The van der Waals surface area contributed by atoms with E-state index in [1.54, 1.807) is 66.7 Å². The first-order valence-corrected chi connectivity index (χ1v) is 15.0. The minimum absolute atomic E-state index is 0. The monoisotopic (exact) mass is 650 g/mol. The molecule has 0 unspecified atom stereocenters. The third kappa shape index (κ3) is 12.1. The van der Waals surface area contributed by atoms with Crippen molar-refractivity contribution >= 4 is 11.8 Å². The Hall–Kier alpha value is -3.99. The molecule has 0 aromatic heterocycles. The van der Waals surface area contributed by atoms with Crippen molar-refractivity contribution in [2.45, 2.75) is 49.9 Å². The summed E-state index contributed by atoms with van der Waals surface area (Å²) in [6, 6.07) is 44.6. The maximum absolute atomic E-state index is 14.5. The van der Waals surface area contributed by atoms with Crippen LogP contribution in [0.4, 0.5) is 17.6 Å². The average molecular weight is 651 g/mol. The summed E-state index contributed by atoms with van der Waals surface area (Å²) in [5.74, 6) is 0. The van der Waals surface area contributed by atoms with Crippen molar-refractivity contribution in [1.29, 1.82) is 0 Å². The highest BCUT2D eigenvalue weighted by Crippen LogP contribution is 2.47. The van der Waals surface area contributed by atoms with Crippen LogP contribution in [0.25, 0.3) is 0 Å². The lowest BCUT2D eigenvalue weighted by atomic mass is 10.2. The zero-order valence-electron chi connectivity index (χ0n) is 24.4. The van der Waals surface area contributed by atoms with Gasteiger partial charge in [-0.3, -0.25) is 0 Å². The minimum Gasteiger partial charge on any atom is -0.313 e. The summed E-state index contributed by atoms with van der Waals surface area (Å²) in [7, 11) is 0. The lowest BCUT2D eigenvalue weighted by molar-refractivity contribution is -0.406. The van der Waals surface area contributed by atoms with Gasteiger partial charge in [0.15, 0.2) is 0 Å². The van der Waals surface area contributed by atoms with Crippen LogP contribution < -0.4 is 0 Å². The summed E-state index contributed by atoms with van der Waals surface area (Å²) in [4.78, 5) is 4.64. The Morgan fingerprint density at radius 2 is 0.804 bits per heavy atom. The predicted molar refractivity (Wildman–Crippen MR) is 176 cm³/mol. The molecule has 0 aliphatic heterocycles. The van der Waals surface area contributed by atoms with Gasteiger partial charge in [0.25, 0.3) is 0 Å². The summed E-state index contributed by atoms with van der Waals surface area (Å²) in [5, 5.41) is 7.52. The highest BCUT2D eigenvalue weighted by Gasteiger charge is 2.60. The first kappa shape index (κ1) is 36.5. The van der Waals surface area contributed by atoms with Crippen LogP contribution in [-0.4, -0.2) is 26.7 Å². The molecule has 0 aliphatic rings. The number of hydrogen-bond acceptors (Lipinski definition) is 5. The van der Waals surface area contributed by atoms with Crippen LogP contribution in [0.15, 0.2) is 157 Å². The highest BCUT2D eigenvalue weighted by molar-refractivity contribution is 8.00. The zero-order valence-corrected chi connectivity index (χ0v) is 25.2. The first-order chi connectivity index (χ1) is 21.7. The SMILES string of the molecule is C.FC(F)(ON(Cc1ccccc1)Cc1ccccc1)C(F)(F)Sc1ccccc1.ON(Cc1ccccc1)Cc1ccccc1. The van der Waals surface area contributed by atoms with Crippen LogP contribution in [0.5, 0.6) is 0 Å². The molecule has 0 fully saturated rings. The van der Waals surface area contributed by atoms with E-state index in [2.05, 4.69) is 4.84 Å². The van der Waals surface area contributed by atoms with Gasteiger partial charge in [-0.2, -0.15) is 27.7 Å². The third-order valence-electron chi connectivity index (χ3n) is 6.39. The molecule has 0 radical (unpaired) electrons. The van der Waals surface area contributed by atoms with Crippen molar-refractivity contribution in [2.75, 3.05) is 0 Å². The van der Waals surface area contributed by atoms with Gasteiger partial charge >= 0.3 is 11.4 Å². The van der Waals surface area contributed by atoms with E-state index in [9.17, 15) is 22.8 Å². The van der Waals surface area contributed by atoms with Crippen molar-refractivity contribution < 1.29 is 27.6 Å². The second kappa shape index (κ2) is 18.2. The van der Waals surface area contributed by atoms with Crippen LogP contribution in [0.3, 0.4) is 0 Å². The molecule has 0 amide bonds. The topological polar surface area (TPSA) is 35.9 Å². The summed E-state index contributed by atoms with van der Waals surface area (Å²) in [5.41, 5.74) is 3.55. The molecule has 0 atom stereocenters. The molecule has 0 aliphatic carbocycles. The van der Waals surface area contributed by atoms with E-state index in [1.165, 1.54) is 29.3 Å². The molecule has 242 valence electrons. The quantitative estimate of drug-likeness (QED) is 0.0780. The molecular formula is C37H38F4N2O2S. The Bertz CT molecular complexity index is 1440. The number of thioether (sulfide) groups is 1. The third-order valence-corrected chi connectivity index (χ3v) is 7.39. The predicted octanol–water partition coefficient (Wildman–Crippen LogP) is 10.3. The molecule has 1 N–H and O–H groups in total. The molecular weight excluding hydrogens is 612 g/mol. The number of hydroxylamine groups is 4. The molecule has 0 spiro atoms. The molecule has 0 heterocycles. The average Bonchev–Trinajstić information content (AvgIpc) is 3.03. The second-order valence-electron chi connectivity index (χ2n) is 10.1. The fourth-order valence-electron chi connectivity index (χ4n) is 4.25. The van der Waals surface area contributed by atoms with Gasteiger partial charge in [-0.25, -0.2) is 4.84 Å². The molecule has 46 heavy (non-hydrogen) atoms. The van der Waals surface area contributed by atoms with Gasteiger partial charge in [-0.1, -0.05) is 147 Å².